The molecule has 2 N–H and O–H groups in total. The summed E-state index contributed by atoms with van der Waals surface area (Å²) in [6.45, 7) is 9.61. The zero-order valence-corrected chi connectivity index (χ0v) is 16.6. The number of ether oxygens (including phenoxy) is 2. The lowest BCUT2D eigenvalue weighted by atomic mass is 10.0. The minimum Gasteiger partial charge on any atom is -0.450 e. The number of hydrogen-bond donors (Lipinski definition) is 2. The first-order valence-corrected chi connectivity index (χ1v) is 9.36. The Balaban J connectivity index is 1.85. The molecule has 150 valence electrons. The number of aromatic nitrogens is 1. The first kappa shape index (κ1) is 21.0. The normalized spacial score (nSPS) is 15.3. The zero-order chi connectivity index (χ0) is 19.9. The number of likely N-dealkylation sites (tertiary alicyclic amines) is 1. The van der Waals surface area contributed by atoms with Gasteiger partial charge in [-0.15, -0.1) is 0 Å². The average molecular weight is 378 g/mol. The predicted molar refractivity (Wildman–Crippen MR) is 103 cm³/mol. The van der Waals surface area contributed by atoms with Crippen LogP contribution in [0.4, 0.5) is 15.3 Å². The topological polar surface area (TPSA) is 92.8 Å². The number of anilines is 1. The van der Waals surface area contributed by atoms with Crippen molar-refractivity contribution in [1.29, 1.82) is 0 Å². The summed E-state index contributed by atoms with van der Waals surface area (Å²) in [4.78, 5) is 29.6. The monoisotopic (exact) mass is 378 g/mol. The summed E-state index contributed by atoms with van der Waals surface area (Å²) in [5.41, 5.74) is 1.00. The first-order chi connectivity index (χ1) is 12.8. The molecular formula is C19H30N4O4. The summed E-state index contributed by atoms with van der Waals surface area (Å²) in [6, 6.07) is 2.17. The highest BCUT2D eigenvalue weighted by molar-refractivity contribution is 5.85. The van der Waals surface area contributed by atoms with E-state index >= 15 is 0 Å². The minimum atomic E-state index is -0.558. The van der Waals surface area contributed by atoms with Crippen LogP contribution in [0.1, 0.15) is 46.1 Å². The predicted octanol–water partition coefficient (Wildman–Crippen LogP) is 3.14. The molecule has 0 aromatic carbocycles. The summed E-state index contributed by atoms with van der Waals surface area (Å²) in [7, 11) is 0. The summed E-state index contributed by atoms with van der Waals surface area (Å²) < 4.78 is 10.3. The minimum absolute atomic E-state index is 0.242. The van der Waals surface area contributed by atoms with Crippen molar-refractivity contribution in [1.82, 2.24) is 15.2 Å². The third kappa shape index (κ3) is 7.05. The molecule has 2 rings (SSSR count). The third-order valence-corrected chi connectivity index (χ3v) is 4.15. The van der Waals surface area contributed by atoms with Gasteiger partial charge in [0.1, 0.15) is 5.60 Å². The van der Waals surface area contributed by atoms with Crippen LogP contribution < -0.4 is 10.6 Å². The molecule has 0 aliphatic carbocycles. The van der Waals surface area contributed by atoms with Gasteiger partial charge in [0.25, 0.3) is 0 Å². The molecule has 2 amide bonds. The van der Waals surface area contributed by atoms with E-state index in [0.717, 1.165) is 18.4 Å². The molecule has 0 saturated carbocycles. The quantitative estimate of drug-likeness (QED) is 0.818. The maximum atomic E-state index is 12.0. The number of carbonyl (C=O) groups excluding carboxylic acids is 2. The van der Waals surface area contributed by atoms with Crippen molar-refractivity contribution in [2.75, 3.05) is 25.0 Å². The van der Waals surface area contributed by atoms with Crippen molar-refractivity contribution in [2.24, 2.45) is 0 Å². The van der Waals surface area contributed by atoms with Crippen LogP contribution in [0.2, 0.25) is 0 Å². The molecule has 27 heavy (non-hydrogen) atoms. The smallest absolute Gasteiger partial charge is 0.412 e. The van der Waals surface area contributed by atoms with Gasteiger partial charge in [-0.3, -0.25) is 10.3 Å². The van der Waals surface area contributed by atoms with E-state index in [2.05, 4.69) is 15.6 Å². The molecule has 2 heterocycles. The zero-order valence-electron chi connectivity index (χ0n) is 16.6. The van der Waals surface area contributed by atoms with E-state index in [1.165, 1.54) is 0 Å². The van der Waals surface area contributed by atoms with E-state index in [0.29, 0.717) is 38.0 Å². The van der Waals surface area contributed by atoms with Crippen LogP contribution in [0, 0.1) is 0 Å². The van der Waals surface area contributed by atoms with Crippen molar-refractivity contribution < 1.29 is 19.1 Å². The summed E-state index contributed by atoms with van der Waals surface area (Å²) >= 11 is 0. The molecule has 0 bridgehead atoms. The van der Waals surface area contributed by atoms with Gasteiger partial charge >= 0.3 is 12.2 Å². The Morgan fingerprint density at radius 2 is 2.00 bits per heavy atom. The Kier molecular flexibility index (Phi) is 7.41. The van der Waals surface area contributed by atoms with Crippen molar-refractivity contribution >= 4 is 17.9 Å². The highest BCUT2D eigenvalue weighted by Gasteiger charge is 2.23. The van der Waals surface area contributed by atoms with Gasteiger partial charge in [0.05, 0.1) is 18.5 Å². The summed E-state index contributed by atoms with van der Waals surface area (Å²) in [5, 5.41) is 6.25. The van der Waals surface area contributed by atoms with Crippen molar-refractivity contribution in [3.05, 3.63) is 24.0 Å². The van der Waals surface area contributed by atoms with Crippen molar-refractivity contribution in [2.45, 2.75) is 58.7 Å². The summed E-state index contributed by atoms with van der Waals surface area (Å²) in [5.74, 6) is 0. The number of nitrogens with zero attached hydrogens (tertiary/aromatic N) is 2. The molecule has 0 atom stereocenters. The fraction of sp³-hybridized carbons (Fsp3) is 0.632. The maximum Gasteiger partial charge on any atom is 0.412 e. The third-order valence-electron chi connectivity index (χ3n) is 4.15. The number of carbonyl (C=O) groups is 2. The summed E-state index contributed by atoms with van der Waals surface area (Å²) in [6.07, 6.45) is 4.29. The number of rotatable bonds is 5. The lowest BCUT2D eigenvalue weighted by Gasteiger charge is -2.31. The average Bonchev–Trinajstić information content (AvgIpc) is 2.60. The van der Waals surface area contributed by atoms with E-state index in [9.17, 15) is 9.59 Å². The molecule has 1 aliphatic heterocycles. The van der Waals surface area contributed by atoms with Crippen LogP contribution in [-0.4, -0.2) is 53.4 Å². The van der Waals surface area contributed by atoms with Gasteiger partial charge in [-0.25, -0.2) is 9.59 Å². The number of amides is 2. The molecule has 1 saturated heterocycles. The second kappa shape index (κ2) is 9.55. The van der Waals surface area contributed by atoms with Gasteiger partial charge in [0.2, 0.25) is 0 Å². The SMILES string of the molecule is CCOC(=O)N1CCC(NCc2ccncc2NC(=O)OC(C)(C)C)CC1. The van der Waals surface area contributed by atoms with Crippen LogP contribution in [0.25, 0.3) is 0 Å². The van der Waals surface area contributed by atoms with E-state index in [-0.39, 0.29) is 6.09 Å². The largest absolute Gasteiger partial charge is 0.450 e. The number of pyridine rings is 1. The standard InChI is InChI=1S/C19H30N4O4/c1-5-26-18(25)23-10-7-15(8-11-23)21-12-14-6-9-20-13-16(14)22-17(24)27-19(2,3)4/h6,9,13,15,21H,5,7-8,10-12H2,1-4H3,(H,22,24). The van der Waals surface area contributed by atoms with Gasteiger partial charge in [-0.05, 0) is 52.2 Å². The van der Waals surface area contributed by atoms with E-state index in [1.54, 1.807) is 17.3 Å². The second-order valence-corrected chi connectivity index (χ2v) is 7.50. The lowest BCUT2D eigenvalue weighted by Crippen LogP contribution is -2.45. The molecule has 0 spiro atoms. The Morgan fingerprint density at radius 1 is 1.30 bits per heavy atom. The Labute approximate surface area is 160 Å². The molecule has 8 heteroatoms. The van der Waals surface area contributed by atoms with Gasteiger partial charge in [0, 0.05) is 31.9 Å². The number of nitrogens with one attached hydrogen (secondary N) is 2. The maximum absolute atomic E-state index is 12.0. The Morgan fingerprint density at radius 3 is 2.63 bits per heavy atom. The number of piperidine rings is 1. The molecule has 0 unspecified atom stereocenters. The molecule has 0 radical (unpaired) electrons. The first-order valence-electron chi connectivity index (χ1n) is 9.36. The van der Waals surface area contributed by atoms with Crippen molar-refractivity contribution in [3.63, 3.8) is 0 Å². The number of hydrogen-bond acceptors (Lipinski definition) is 6. The van der Waals surface area contributed by atoms with Crippen LogP contribution in [-0.2, 0) is 16.0 Å². The van der Waals surface area contributed by atoms with Gasteiger partial charge in [-0.2, -0.15) is 0 Å². The van der Waals surface area contributed by atoms with Crippen LogP contribution >= 0.6 is 0 Å². The van der Waals surface area contributed by atoms with E-state index in [1.807, 2.05) is 33.8 Å². The van der Waals surface area contributed by atoms with Crippen molar-refractivity contribution in [3.8, 4) is 0 Å². The molecule has 1 aromatic heterocycles. The molecule has 8 nitrogen and oxygen atoms in total. The van der Waals surface area contributed by atoms with E-state index < -0.39 is 11.7 Å². The van der Waals surface area contributed by atoms with E-state index in [4.69, 9.17) is 9.47 Å². The fourth-order valence-corrected chi connectivity index (χ4v) is 2.84. The van der Waals surface area contributed by atoms with Crippen LogP contribution in [0.3, 0.4) is 0 Å². The van der Waals surface area contributed by atoms with Gasteiger partial charge < -0.3 is 19.7 Å². The lowest BCUT2D eigenvalue weighted by molar-refractivity contribution is 0.0635. The second-order valence-electron chi connectivity index (χ2n) is 7.50. The molecule has 1 aromatic rings. The van der Waals surface area contributed by atoms with Crippen LogP contribution in [0.5, 0.6) is 0 Å². The van der Waals surface area contributed by atoms with Gasteiger partial charge in [-0.1, -0.05) is 0 Å². The molecular weight excluding hydrogens is 348 g/mol. The molecule has 1 aliphatic rings. The molecule has 1 fully saturated rings. The van der Waals surface area contributed by atoms with Gasteiger partial charge in [0.15, 0.2) is 0 Å². The highest BCUT2D eigenvalue weighted by Crippen LogP contribution is 2.17. The van der Waals surface area contributed by atoms with Crippen LogP contribution in [0.15, 0.2) is 18.5 Å². The fourth-order valence-electron chi connectivity index (χ4n) is 2.84. The highest BCUT2D eigenvalue weighted by atomic mass is 16.6. The Bertz CT molecular complexity index is 637. The Hall–Kier alpha value is -2.35.